The lowest BCUT2D eigenvalue weighted by molar-refractivity contribution is 0.0696. The van der Waals surface area contributed by atoms with E-state index in [1.807, 2.05) is 0 Å². The molecule has 3 aromatic rings. The van der Waals surface area contributed by atoms with Gasteiger partial charge in [-0.1, -0.05) is 18.2 Å². The Morgan fingerprint density at radius 2 is 1.79 bits per heavy atom. The van der Waals surface area contributed by atoms with E-state index in [2.05, 4.69) is 10.3 Å². The molecule has 1 aromatic heterocycles. The minimum Gasteiger partial charge on any atom is -0.478 e. The van der Waals surface area contributed by atoms with E-state index in [9.17, 15) is 18.4 Å². The normalized spacial score (nSPS) is 11.6. The zero-order valence-corrected chi connectivity index (χ0v) is 15.2. The number of carboxylic acids is 1. The first kappa shape index (κ1) is 19.9. The van der Waals surface area contributed by atoms with Crippen molar-refractivity contribution in [2.24, 2.45) is 0 Å². The number of hydrogen-bond acceptors (Lipinski definition) is 4. The second-order valence-corrected chi connectivity index (χ2v) is 6.19. The summed E-state index contributed by atoms with van der Waals surface area (Å²) in [6, 6.07) is 11.7. The minimum absolute atomic E-state index is 0.107. The molecule has 1 amide bonds. The molecule has 2 N–H and O–H groups in total. The first-order chi connectivity index (χ1) is 13.8. The van der Waals surface area contributed by atoms with Crippen LogP contribution in [-0.2, 0) is 0 Å². The largest absolute Gasteiger partial charge is 0.478 e. The molecule has 1 heterocycles. The topological polar surface area (TPSA) is 88.5 Å². The monoisotopic (exact) mass is 398 g/mol. The molecule has 148 valence electrons. The molecule has 0 aliphatic rings. The maximum Gasteiger partial charge on any atom is 0.335 e. The summed E-state index contributed by atoms with van der Waals surface area (Å²) in [7, 11) is 0. The van der Waals surface area contributed by atoms with Crippen LogP contribution in [0.15, 0.2) is 60.8 Å². The van der Waals surface area contributed by atoms with Crippen LogP contribution in [0.3, 0.4) is 0 Å². The molecule has 0 aliphatic carbocycles. The number of ether oxygens (including phenoxy) is 1. The van der Waals surface area contributed by atoms with E-state index in [1.54, 1.807) is 19.1 Å². The van der Waals surface area contributed by atoms with Crippen LogP contribution in [0.5, 0.6) is 11.6 Å². The third-order valence-corrected chi connectivity index (χ3v) is 4.08. The molecule has 2 aromatic carbocycles. The Hall–Kier alpha value is -3.81. The highest BCUT2D eigenvalue weighted by Crippen LogP contribution is 2.25. The molecule has 0 bridgehead atoms. The summed E-state index contributed by atoms with van der Waals surface area (Å²) < 4.78 is 32.5. The predicted molar refractivity (Wildman–Crippen MR) is 100.0 cm³/mol. The van der Waals surface area contributed by atoms with Gasteiger partial charge in [-0.3, -0.25) is 4.79 Å². The van der Waals surface area contributed by atoms with Crippen LogP contribution in [0, 0.1) is 11.6 Å². The Morgan fingerprint density at radius 1 is 1.07 bits per heavy atom. The number of rotatable bonds is 6. The van der Waals surface area contributed by atoms with E-state index in [0.717, 1.165) is 18.3 Å². The molecule has 0 saturated carbocycles. The van der Waals surface area contributed by atoms with E-state index in [-0.39, 0.29) is 22.8 Å². The van der Waals surface area contributed by atoms with Gasteiger partial charge in [0.15, 0.2) is 0 Å². The van der Waals surface area contributed by atoms with Gasteiger partial charge >= 0.3 is 5.97 Å². The van der Waals surface area contributed by atoms with Crippen LogP contribution in [0.25, 0.3) is 0 Å². The van der Waals surface area contributed by atoms with E-state index < -0.39 is 29.6 Å². The number of aromatic nitrogens is 1. The fraction of sp³-hybridized carbons (Fsp3) is 0.0952. The van der Waals surface area contributed by atoms with Crippen LogP contribution in [0.1, 0.15) is 39.2 Å². The van der Waals surface area contributed by atoms with Crippen LogP contribution >= 0.6 is 0 Å². The molecule has 1 unspecified atom stereocenters. The first-order valence-electron chi connectivity index (χ1n) is 8.56. The number of aromatic carboxylic acids is 1. The summed E-state index contributed by atoms with van der Waals surface area (Å²) in [4.78, 5) is 27.4. The number of carbonyl (C=O) groups is 2. The van der Waals surface area contributed by atoms with E-state index in [1.165, 1.54) is 30.3 Å². The summed E-state index contributed by atoms with van der Waals surface area (Å²) in [5, 5.41) is 11.6. The number of nitrogens with one attached hydrogen (secondary N) is 1. The number of benzene rings is 2. The maximum absolute atomic E-state index is 13.7. The number of carboxylic acid groups (broad SMARTS) is 1. The number of pyridine rings is 1. The van der Waals surface area contributed by atoms with Gasteiger partial charge in [-0.25, -0.2) is 18.6 Å². The van der Waals surface area contributed by atoms with Crippen LogP contribution in [-0.4, -0.2) is 22.0 Å². The maximum atomic E-state index is 13.7. The minimum atomic E-state index is -1.06. The van der Waals surface area contributed by atoms with Gasteiger partial charge in [0.1, 0.15) is 22.9 Å². The van der Waals surface area contributed by atoms with Gasteiger partial charge in [0.05, 0.1) is 17.8 Å². The van der Waals surface area contributed by atoms with Gasteiger partial charge in [0.25, 0.3) is 5.91 Å². The van der Waals surface area contributed by atoms with Gasteiger partial charge < -0.3 is 15.2 Å². The van der Waals surface area contributed by atoms with Crippen molar-refractivity contribution in [1.82, 2.24) is 10.3 Å². The standard InChI is InChI=1S/C21H16F2N2O4/c1-12(13-5-7-14(8-6-13)21(27)28)25-19(26)18-10-16(23)11-24-20(18)29-17-4-2-3-15(22)9-17/h2-12H,1H3,(H,25,26)(H,27,28). The average molecular weight is 398 g/mol. The fourth-order valence-corrected chi connectivity index (χ4v) is 2.58. The zero-order chi connectivity index (χ0) is 21.0. The summed E-state index contributed by atoms with van der Waals surface area (Å²) in [6.07, 6.45) is 0.888. The summed E-state index contributed by atoms with van der Waals surface area (Å²) >= 11 is 0. The highest BCUT2D eigenvalue weighted by atomic mass is 19.1. The number of halogens is 2. The van der Waals surface area contributed by atoms with Crippen molar-refractivity contribution < 1.29 is 28.2 Å². The summed E-state index contributed by atoms with van der Waals surface area (Å²) in [6.45, 7) is 1.69. The molecule has 0 saturated heterocycles. The highest BCUT2D eigenvalue weighted by molar-refractivity contribution is 5.96. The quantitative estimate of drug-likeness (QED) is 0.645. The number of amides is 1. The van der Waals surface area contributed by atoms with Crippen molar-refractivity contribution in [2.75, 3.05) is 0 Å². The van der Waals surface area contributed by atoms with E-state index in [0.29, 0.717) is 5.56 Å². The Morgan fingerprint density at radius 3 is 2.45 bits per heavy atom. The molecular weight excluding hydrogens is 382 g/mol. The smallest absolute Gasteiger partial charge is 0.335 e. The van der Waals surface area contributed by atoms with Gasteiger partial charge in [0.2, 0.25) is 5.88 Å². The van der Waals surface area contributed by atoms with Crippen LogP contribution in [0.2, 0.25) is 0 Å². The lowest BCUT2D eigenvalue weighted by Gasteiger charge is -2.16. The van der Waals surface area contributed by atoms with Gasteiger partial charge in [-0.15, -0.1) is 0 Å². The average Bonchev–Trinajstić information content (AvgIpc) is 2.69. The molecule has 1 atom stereocenters. The van der Waals surface area contributed by atoms with Crippen molar-refractivity contribution >= 4 is 11.9 Å². The lowest BCUT2D eigenvalue weighted by Crippen LogP contribution is -2.27. The van der Waals surface area contributed by atoms with Crippen LogP contribution in [0.4, 0.5) is 8.78 Å². The Kier molecular flexibility index (Phi) is 5.82. The SMILES string of the molecule is CC(NC(=O)c1cc(F)cnc1Oc1cccc(F)c1)c1ccc(C(=O)O)cc1. The number of hydrogen-bond donors (Lipinski definition) is 2. The second kappa shape index (κ2) is 8.47. The summed E-state index contributed by atoms with van der Waals surface area (Å²) in [5.41, 5.74) is 0.607. The Balaban J connectivity index is 1.80. The van der Waals surface area contributed by atoms with Crippen molar-refractivity contribution in [3.8, 4) is 11.6 Å². The Labute approximate surface area is 164 Å². The van der Waals surface area contributed by atoms with Gasteiger partial charge in [-0.05, 0) is 42.8 Å². The first-order valence-corrected chi connectivity index (χ1v) is 8.56. The molecule has 3 rings (SSSR count). The van der Waals surface area contributed by atoms with Crippen molar-refractivity contribution in [3.63, 3.8) is 0 Å². The molecule has 0 aliphatic heterocycles. The molecule has 8 heteroatoms. The summed E-state index contributed by atoms with van der Waals surface area (Å²) in [5.74, 6) is -3.05. The zero-order valence-electron chi connectivity index (χ0n) is 15.2. The van der Waals surface area contributed by atoms with E-state index >= 15 is 0 Å². The van der Waals surface area contributed by atoms with Gasteiger partial charge in [-0.2, -0.15) is 0 Å². The highest BCUT2D eigenvalue weighted by Gasteiger charge is 2.19. The predicted octanol–water partition coefficient (Wildman–Crippen LogP) is 4.34. The third kappa shape index (κ3) is 4.92. The molecule has 6 nitrogen and oxygen atoms in total. The van der Waals surface area contributed by atoms with Crippen molar-refractivity contribution in [2.45, 2.75) is 13.0 Å². The van der Waals surface area contributed by atoms with E-state index in [4.69, 9.17) is 9.84 Å². The number of nitrogens with zero attached hydrogens (tertiary/aromatic N) is 1. The molecule has 29 heavy (non-hydrogen) atoms. The second-order valence-electron chi connectivity index (χ2n) is 6.19. The molecular formula is C21H16F2N2O4. The third-order valence-electron chi connectivity index (χ3n) is 4.08. The molecule has 0 radical (unpaired) electrons. The fourth-order valence-electron chi connectivity index (χ4n) is 2.58. The van der Waals surface area contributed by atoms with Crippen molar-refractivity contribution in [3.05, 3.63) is 89.1 Å². The van der Waals surface area contributed by atoms with Crippen LogP contribution < -0.4 is 10.1 Å². The lowest BCUT2D eigenvalue weighted by atomic mass is 10.1. The van der Waals surface area contributed by atoms with Crippen molar-refractivity contribution in [1.29, 1.82) is 0 Å². The molecule has 0 fully saturated rings. The Bertz CT molecular complexity index is 1050. The number of carbonyl (C=O) groups excluding carboxylic acids is 1. The molecule has 0 spiro atoms. The van der Waals surface area contributed by atoms with Gasteiger partial charge in [0, 0.05) is 6.07 Å².